The molecule has 3 heteroatoms. The van der Waals surface area contributed by atoms with E-state index in [4.69, 9.17) is 9.47 Å². The fraction of sp³-hybridized carbons (Fsp3) is 0.723. The molecule has 0 radical (unpaired) electrons. The van der Waals surface area contributed by atoms with E-state index in [9.17, 15) is 4.79 Å². The minimum Gasteiger partial charge on any atom is -0.459 e. The zero-order chi connectivity index (χ0) is 35.9. The summed E-state index contributed by atoms with van der Waals surface area (Å²) in [5.74, 6) is -0.199. The SMILES string of the molecule is CCCCCCCCCCCCCCCCCCCCOC(C)c1ccc(-c2ccccc2C(=O)OC(CCC)CCCCCCCC)cc1. The maximum absolute atomic E-state index is 13.4. The molecule has 50 heavy (non-hydrogen) atoms. The van der Waals surface area contributed by atoms with E-state index in [0.717, 1.165) is 49.8 Å². The number of hydrogen-bond acceptors (Lipinski definition) is 3. The van der Waals surface area contributed by atoms with Crippen LogP contribution in [0, 0.1) is 0 Å². The molecule has 0 saturated carbocycles. The van der Waals surface area contributed by atoms with Crippen LogP contribution in [0.1, 0.15) is 223 Å². The molecule has 0 fully saturated rings. The zero-order valence-electron chi connectivity index (χ0n) is 33.3. The van der Waals surface area contributed by atoms with E-state index >= 15 is 0 Å². The highest BCUT2D eigenvalue weighted by molar-refractivity contribution is 5.97. The molecule has 3 nitrogen and oxygen atoms in total. The van der Waals surface area contributed by atoms with Crippen LogP contribution >= 0.6 is 0 Å². The van der Waals surface area contributed by atoms with Gasteiger partial charge < -0.3 is 9.47 Å². The van der Waals surface area contributed by atoms with Crippen LogP contribution < -0.4 is 0 Å². The first kappa shape index (κ1) is 44.0. The van der Waals surface area contributed by atoms with E-state index < -0.39 is 0 Å². The highest BCUT2D eigenvalue weighted by atomic mass is 16.5. The van der Waals surface area contributed by atoms with Crippen molar-refractivity contribution < 1.29 is 14.3 Å². The van der Waals surface area contributed by atoms with E-state index in [2.05, 4.69) is 52.0 Å². The molecule has 2 atom stereocenters. The molecule has 284 valence electrons. The number of unbranched alkanes of at least 4 members (excludes halogenated alkanes) is 22. The van der Waals surface area contributed by atoms with Gasteiger partial charge >= 0.3 is 5.97 Å². The average Bonchev–Trinajstić information content (AvgIpc) is 3.14. The Hall–Kier alpha value is -2.13. The second-order valence-corrected chi connectivity index (χ2v) is 15.1. The average molecular weight is 691 g/mol. The largest absolute Gasteiger partial charge is 0.459 e. The molecule has 0 saturated heterocycles. The third-order valence-electron chi connectivity index (χ3n) is 10.5. The van der Waals surface area contributed by atoms with Crippen molar-refractivity contribution in [3.8, 4) is 11.1 Å². The number of benzene rings is 2. The molecule has 0 heterocycles. The topological polar surface area (TPSA) is 35.5 Å². The molecule has 2 rings (SSSR count). The van der Waals surface area contributed by atoms with Crippen LogP contribution in [0.5, 0.6) is 0 Å². The minimum absolute atomic E-state index is 0.00355. The van der Waals surface area contributed by atoms with Crippen LogP contribution in [-0.2, 0) is 9.47 Å². The van der Waals surface area contributed by atoms with E-state index in [-0.39, 0.29) is 18.2 Å². The Kier molecular flexibility index (Phi) is 26.9. The van der Waals surface area contributed by atoms with Gasteiger partial charge in [0.25, 0.3) is 0 Å². The van der Waals surface area contributed by atoms with Crippen LogP contribution in [-0.4, -0.2) is 18.7 Å². The van der Waals surface area contributed by atoms with Crippen molar-refractivity contribution in [3.63, 3.8) is 0 Å². The fourth-order valence-electron chi connectivity index (χ4n) is 7.16. The van der Waals surface area contributed by atoms with Crippen molar-refractivity contribution in [2.45, 2.75) is 213 Å². The molecule has 0 N–H and O–H groups in total. The van der Waals surface area contributed by atoms with Gasteiger partial charge in [-0.2, -0.15) is 0 Å². The monoisotopic (exact) mass is 691 g/mol. The van der Waals surface area contributed by atoms with Gasteiger partial charge in [-0.05, 0) is 55.4 Å². The molecular weight excluding hydrogens is 613 g/mol. The lowest BCUT2D eigenvalue weighted by Crippen LogP contribution is -2.19. The predicted molar refractivity (Wildman–Crippen MR) is 217 cm³/mol. The van der Waals surface area contributed by atoms with Crippen molar-refractivity contribution in [1.82, 2.24) is 0 Å². The summed E-state index contributed by atoms with van der Waals surface area (Å²) in [7, 11) is 0. The minimum atomic E-state index is -0.199. The van der Waals surface area contributed by atoms with Crippen LogP contribution in [0.2, 0.25) is 0 Å². The Morgan fingerprint density at radius 2 is 0.980 bits per heavy atom. The Morgan fingerprint density at radius 1 is 0.520 bits per heavy atom. The molecule has 0 aromatic heterocycles. The number of rotatable bonds is 33. The van der Waals surface area contributed by atoms with E-state index in [0.29, 0.717) is 5.56 Å². The molecule has 2 aromatic rings. The molecule has 0 spiro atoms. The molecule has 0 aliphatic heterocycles. The summed E-state index contributed by atoms with van der Waals surface area (Å²) in [5, 5.41) is 0. The predicted octanol–water partition coefficient (Wildman–Crippen LogP) is 15.5. The van der Waals surface area contributed by atoms with Crippen molar-refractivity contribution >= 4 is 5.97 Å². The van der Waals surface area contributed by atoms with E-state index in [1.807, 2.05) is 24.3 Å². The van der Waals surface area contributed by atoms with Crippen molar-refractivity contribution in [2.24, 2.45) is 0 Å². The summed E-state index contributed by atoms with van der Waals surface area (Å²) in [5.41, 5.74) is 3.81. The van der Waals surface area contributed by atoms with Gasteiger partial charge in [-0.15, -0.1) is 0 Å². The van der Waals surface area contributed by atoms with Gasteiger partial charge in [-0.1, -0.05) is 211 Å². The van der Waals surface area contributed by atoms with Gasteiger partial charge in [0.15, 0.2) is 0 Å². The first-order valence-corrected chi connectivity index (χ1v) is 21.6. The lowest BCUT2D eigenvalue weighted by atomic mass is 9.97. The molecule has 0 bridgehead atoms. The fourth-order valence-corrected chi connectivity index (χ4v) is 7.16. The van der Waals surface area contributed by atoms with Gasteiger partial charge in [0.2, 0.25) is 0 Å². The lowest BCUT2D eigenvalue weighted by Gasteiger charge is -2.19. The molecule has 2 aromatic carbocycles. The van der Waals surface area contributed by atoms with Gasteiger partial charge in [0.1, 0.15) is 6.10 Å². The number of hydrogen-bond donors (Lipinski definition) is 0. The highest BCUT2D eigenvalue weighted by Gasteiger charge is 2.19. The van der Waals surface area contributed by atoms with Crippen LogP contribution in [0.4, 0.5) is 0 Å². The summed E-state index contributed by atoms with van der Waals surface area (Å²) in [4.78, 5) is 13.4. The summed E-state index contributed by atoms with van der Waals surface area (Å²) < 4.78 is 12.3. The van der Waals surface area contributed by atoms with Crippen molar-refractivity contribution in [1.29, 1.82) is 0 Å². The maximum atomic E-state index is 13.4. The Bertz CT molecular complexity index is 1060. The second kappa shape index (κ2) is 30.5. The molecule has 0 amide bonds. The summed E-state index contributed by atoms with van der Waals surface area (Å²) in [6.45, 7) is 9.68. The van der Waals surface area contributed by atoms with E-state index in [1.165, 1.54) is 147 Å². The number of carbonyl (C=O) groups is 1. The van der Waals surface area contributed by atoms with Crippen LogP contribution in [0.15, 0.2) is 48.5 Å². The van der Waals surface area contributed by atoms with Crippen LogP contribution in [0.3, 0.4) is 0 Å². The Labute approximate surface area is 310 Å². The Balaban J connectivity index is 1.61. The number of carbonyl (C=O) groups excluding carboxylic acids is 1. The number of ether oxygens (including phenoxy) is 2. The summed E-state index contributed by atoms with van der Waals surface area (Å²) in [6.07, 6.45) is 35.6. The van der Waals surface area contributed by atoms with E-state index in [1.54, 1.807) is 0 Å². The highest BCUT2D eigenvalue weighted by Crippen LogP contribution is 2.28. The summed E-state index contributed by atoms with van der Waals surface area (Å²) >= 11 is 0. The first-order chi connectivity index (χ1) is 24.6. The molecular formula is C47H78O3. The molecule has 0 aliphatic rings. The third kappa shape index (κ3) is 20.7. The van der Waals surface area contributed by atoms with Gasteiger partial charge in [0.05, 0.1) is 11.7 Å². The molecule has 0 aliphatic carbocycles. The lowest BCUT2D eigenvalue weighted by molar-refractivity contribution is 0.0254. The van der Waals surface area contributed by atoms with Crippen molar-refractivity contribution in [2.75, 3.05) is 6.61 Å². The smallest absolute Gasteiger partial charge is 0.339 e. The maximum Gasteiger partial charge on any atom is 0.339 e. The third-order valence-corrected chi connectivity index (χ3v) is 10.5. The zero-order valence-corrected chi connectivity index (χ0v) is 33.3. The van der Waals surface area contributed by atoms with Crippen LogP contribution in [0.25, 0.3) is 11.1 Å². The molecule has 2 unspecified atom stereocenters. The quantitative estimate of drug-likeness (QED) is 0.0552. The Morgan fingerprint density at radius 3 is 1.48 bits per heavy atom. The first-order valence-electron chi connectivity index (χ1n) is 21.6. The van der Waals surface area contributed by atoms with Gasteiger partial charge in [-0.25, -0.2) is 4.79 Å². The van der Waals surface area contributed by atoms with Gasteiger partial charge in [0, 0.05) is 6.61 Å². The number of esters is 1. The standard InChI is InChI=1S/C47H78O3/c1-5-8-10-12-14-15-16-17-18-19-20-21-22-23-24-25-27-31-40-49-41(4)42-36-38-43(39-37-42)45-34-29-30-35-46(45)47(48)50-44(32-7-3)33-28-26-13-11-9-6-2/h29-30,34-39,41,44H,5-28,31-33,40H2,1-4H3. The summed E-state index contributed by atoms with van der Waals surface area (Å²) in [6, 6.07) is 16.4. The van der Waals surface area contributed by atoms with Crippen molar-refractivity contribution in [3.05, 3.63) is 59.7 Å². The normalized spacial score (nSPS) is 12.6. The van der Waals surface area contributed by atoms with Gasteiger partial charge in [-0.3, -0.25) is 0 Å². The second-order valence-electron chi connectivity index (χ2n) is 15.1.